The van der Waals surface area contributed by atoms with Gasteiger partial charge in [-0.1, -0.05) is 6.58 Å². The summed E-state index contributed by atoms with van der Waals surface area (Å²) in [5.41, 5.74) is 7.42. The summed E-state index contributed by atoms with van der Waals surface area (Å²) in [4.78, 5) is 26.7. The quantitative estimate of drug-likeness (QED) is 0.427. The molecule has 0 bridgehead atoms. The highest BCUT2D eigenvalue weighted by Crippen LogP contribution is 2.33. The van der Waals surface area contributed by atoms with Crippen LogP contribution in [0.15, 0.2) is 66.0 Å². The monoisotopic (exact) mass is 474 g/mol. The molecule has 178 valence electrons. The number of piperidine rings is 1. The minimum atomic E-state index is -0.390. The minimum Gasteiger partial charge on any atom is -0.457 e. The van der Waals surface area contributed by atoms with Gasteiger partial charge in [-0.2, -0.15) is 10.2 Å². The Morgan fingerprint density at radius 2 is 1.86 bits per heavy atom. The first kappa shape index (κ1) is 22.3. The number of hydrogen-bond donors (Lipinski definition) is 2. The lowest BCUT2D eigenvalue weighted by atomic mass is 9.93. The number of ether oxygens (including phenoxy) is 1. The summed E-state index contributed by atoms with van der Waals surface area (Å²) in [6.45, 7) is 4.64. The van der Waals surface area contributed by atoms with Gasteiger partial charge in [0.25, 0.3) is 5.56 Å². The molecule has 0 saturated carbocycles. The standard InChI is InChI=1S/C25H23FN6O3/c1-2-20(33)31-13-3-4-15(14-31)22-21-23(24(27)28-29-25(21)34)32(30-22)17-7-11-19(12-8-17)35-18-9-5-16(26)6-10-18/h2,5-12,15H,1,3-4,13-14H2,(H2,27,28)(H,29,34). The van der Waals surface area contributed by atoms with Crippen molar-refractivity contribution in [3.8, 4) is 17.2 Å². The zero-order valence-corrected chi connectivity index (χ0v) is 18.8. The summed E-state index contributed by atoms with van der Waals surface area (Å²) in [5, 5.41) is 11.5. The Bertz CT molecular complexity index is 1460. The van der Waals surface area contributed by atoms with Crippen LogP contribution < -0.4 is 16.0 Å². The molecule has 1 saturated heterocycles. The van der Waals surface area contributed by atoms with Gasteiger partial charge in [0, 0.05) is 19.0 Å². The third kappa shape index (κ3) is 4.25. The summed E-state index contributed by atoms with van der Waals surface area (Å²) >= 11 is 0. The molecule has 35 heavy (non-hydrogen) atoms. The molecule has 0 spiro atoms. The van der Waals surface area contributed by atoms with E-state index in [9.17, 15) is 14.0 Å². The highest BCUT2D eigenvalue weighted by molar-refractivity contribution is 5.91. The van der Waals surface area contributed by atoms with Gasteiger partial charge in [-0.05, 0) is 67.4 Å². The molecule has 3 heterocycles. The molecule has 9 nitrogen and oxygen atoms in total. The summed E-state index contributed by atoms with van der Waals surface area (Å²) in [6.07, 6.45) is 2.86. The van der Waals surface area contributed by atoms with Crippen molar-refractivity contribution in [3.63, 3.8) is 0 Å². The van der Waals surface area contributed by atoms with E-state index in [1.807, 2.05) is 0 Å². The molecule has 1 aliphatic rings. The predicted octanol–water partition coefficient (Wildman–Crippen LogP) is 3.51. The van der Waals surface area contributed by atoms with Gasteiger partial charge in [0.15, 0.2) is 5.82 Å². The van der Waals surface area contributed by atoms with Crippen molar-refractivity contribution < 1.29 is 13.9 Å². The van der Waals surface area contributed by atoms with Crippen LogP contribution in [-0.2, 0) is 4.79 Å². The summed E-state index contributed by atoms with van der Waals surface area (Å²) < 4.78 is 20.5. The van der Waals surface area contributed by atoms with Gasteiger partial charge in [0.2, 0.25) is 5.91 Å². The first-order valence-electron chi connectivity index (χ1n) is 11.2. The van der Waals surface area contributed by atoms with Crippen molar-refractivity contribution in [1.82, 2.24) is 24.9 Å². The van der Waals surface area contributed by atoms with Gasteiger partial charge in [-0.3, -0.25) is 9.59 Å². The Morgan fingerprint density at radius 1 is 1.17 bits per heavy atom. The Hall–Kier alpha value is -4.47. The molecule has 1 fully saturated rings. The van der Waals surface area contributed by atoms with Gasteiger partial charge in [-0.25, -0.2) is 14.2 Å². The van der Waals surface area contributed by atoms with E-state index in [4.69, 9.17) is 15.6 Å². The molecule has 3 N–H and O–H groups in total. The van der Waals surface area contributed by atoms with E-state index in [1.165, 1.54) is 18.2 Å². The zero-order valence-electron chi connectivity index (χ0n) is 18.8. The molecular formula is C25H23FN6O3. The van der Waals surface area contributed by atoms with Crippen LogP contribution in [-0.4, -0.2) is 43.9 Å². The predicted molar refractivity (Wildman–Crippen MR) is 129 cm³/mol. The Labute approximate surface area is 199 Å². The maximum Gasteiger partial charge on any atom is 0.275 e. The third-order valence-corrected chi connectivity index (χ3v) is 6.09. The van der Waals surface area contributed by atoms with Crippen LogP contribution in [0, 0.1) is 5.82 Å². The van der Waals surface area contributed by atoms with Crippen molar-refractivity contribution in [1.29, 1.82) is 0 Å². The third-order valence-electron chi connectivity index (χ3n) is 6.09. The van der Waals surface area contributed by atoms with Crippen LogP contribution in [0.4, 0.5) is 10.2 Å². The highest BCUT2D eigenvalue weighted by Gasteiger charge is 2.30. The Balaban J connectivity index is 1.53. The number of anilines is 1. The van der Waals surface area contributed by atoms with Gasteiger partial charge in [0.05, 0.1) is 16.8 Å². The molecule has 2 aromatic heterocycles. The second kappa shape index (κ2) is 9.05. The first-order valence-corrected chi connectivity index (χ1v) is 11.2. The van der Waals surface area contributed by atoms with E-state index in [-0.39, 0.29) is 29.0 Å². The number of nitrogens with one attached hydrogen (secondary N) is 1. The number of aromatic nitrogens is 4. The molecule has 5 rings (SSSR count). The lowest BCUT2D eigenvalue weighted by Crippen LogP contribution is -2.38. The zero-order chi connectivity index (χ0) is 24.5. The number of amides is 1. The van der Waals surface area contributed by atoms with E-state index in [0.717, 1.165) is 12.8 Å². The molecule has 0 aliphatic carbocycles. The molecule has 1 amide bonds. The van der Waals surface area contributed by atoms with Crippen molar-refractivity contribution in [2.75, 3.05) is 18.8 Å². The number of H-pyrrole nitrogens is 1. The number of hydrogen-bond acceptors (Lipinski definition) is 6. The fourth-order valence-corrected chi connectivity index (χ4v) is 4.41. The number of rotatable bonds is 5. The molecule has 2 aromatic carbocycles. The van der Waals surface area contributed by atoms with Crippen molar-refractivity contribution >= 4 is 22.6 Å². The smallest absolute Gasteiger partial charge is 0.275 e. The van der Waals surface area contributed by atoms with Crippen LogP contribution in [0.5, 0.6) is 11.5 Å². The number of fused-ring (bicyclic) bond motifs is 1. The molecule has 1 unspecified atom stereocenters. The molecule has 10 heteroatoms. The summed E-state index contributed by atoms with van der Waals surface area (Å²) in [6, 6.07) is 12.8. The van der Waals surface area contributed by atoms with E-state index in [0.29, 0.717) is 46.9 Å². The number of benzene rings is 2. The van der Waals surface area contributed by atoms with Gasteiger partial charge >= 0.3 is 0 Å². The lowest BCUT2D eigenvalue weighted by molar-refractivity contribution is -0.127. The molecule has 1 aliphatic heterocycles. The number of likely N-dealkylation sites (tertiary alicyclic amines) is 1. The molecule has 0 radical (unpaired) electrons. The Morgan fingerprint density at radius 3 is 2.54 bits per heavy atom. The average Bonchev–Trinajstić information content (AvgIpc) is 3.30. The Kier molecular flexibility index (Phi) is 5.77. The van der Waals surface area contributed by atoms with Crippen molar-refractivity contribution in [2.45, 2.75) is 18.8 Å². The number of nitrogens with two attached hydrogens (primary N) is 1. The topological polar surface area (TPSA) is 119 Å². The number of halogens is 1. The lowest BCUT2D eigenvalue weighted by Gasteiger charge is -2.31. The van der Waals surface area contributed by atoms with Crippen LogP contribution in [0.3, 0.4) is 0 Å². The van der Waals surface area contributed by atoms with Crippen LogP contribution >= 0.6 is 0 Å². The van der Waals surface area contributed by atoms with Crippen LogP contribution in [0.1, 0.15) is 24.5 Å². The van der Waals surface area contributed by atoms with Crippen LogP contribution in [0.25, 0.3) is 16.6 Å². The minimum absolute atomic E-state index is 0.139. The summed E-state index contributed by atoms with van der Waals surface area (Å²) in [7, 11) is 0. The largest absolute Gasteiger partial charge is 0.457 e. The highest BCUT2D eigenvalue weighted by atomic mass is 19.1. The van der Waals surface area contributed by atoms with E-state index < -0.39 is 0 Å². The fourth-order valence-electron chi connectivity index (χ4n) is 4.41. The van der Waals surface area contributed by atoms with Gasteiger partial charge < -0.3 is 15.4 Å². The van der Waals surface area contributed by atoms with E-state index in [1.54, 1.807) is 46.0 Å². The van der Waals surface area contributed by atoms with Crippen LogP contribution in [0.2, 0.25) is 0 Å². The van der Waals surface area contributed by atoms with Gasteiger partial charge in [0.1, 0.15) is 22.8 Å². The second-order valence-corrected chi connectivity index (χ2v) is 8.34. The SMILES string of the molecule is C=CC(=O)N1CCCC(c2nn(-c3ccc(Oc4ccc(F)cc4)cc3)c3c(N)n[nH]c(=O)c23)C1. The average molecular weight is 474 g/mol. The second-order valence-electron chi connectivity index (χ2n) is 8.34. The van der Waals surface area contributed by atoms with E-state index >= 15 is 0 Å². The molecular weight excluding hydrogens is 451 g/mol. The van der Waals surface area contributed by atoms with E-state index in [2.05, 4.69) is 16.8 Å². The van der Waals surface area contributed by atoms with Crippen molar-refractivity contribution in [2.24, 2.45) is 0 Å². The summed E-state index contributed by atoms with van der Waals surface area (Å²) in [5.74, 6) is 0.560. The van der Waals surface area contributed by atoms with Crippen molar-refractivity contribution in [3.05, 3.63) is 83.1 Å². The maximum atomic E-state index is 13.1. The maximum absolute atomic E-state index is 13.1. The number of nitrogen functional groups attached to an aromatic ring is 1. The van der Waals surface area contributed by atoms with Gasteiger partial charge in [-0.15, -0.1) is 0 Å². The molecule has 4 aromatic rings. The number of carbonyl (C=O) groups excluding carboxylic acids is 1. The fraction of sp³-hybridized carbons (Fsp3) is 0.200. The molecule has 1 atom stereocenters. The number of nitrogens with zero attached hydrogens (tertiary/aromatic N) is 4. The number of aromatic amines is 1. The number of carbonyl (C=O) groups is 1. The first-order chi connectivity index (χ1) is 16.9. The normalized spacial score (nSPS) is 15.8.